The molecule has 0 atom stereocenters. The van der Waals surface area contributed by atoms with Crippen LogP contribution in [0.1, 0.15) is 26.3 Å². The normalized spacial score (nSPS) is 12.1. The molecule has 4 heteroatoms. The maximum atomic E-state index is 3.86. The maximum absolute atomic E-state index is 3.86. The van der Waals surface area contributed by atoms with Crippen LogP contribution in [-0.2, 0) is 6.54 Å². The lowest BCUT2D eigenvalue weighted by molar-refractivity contribution is 0.303. The molecule has 1 N–H and O–H groups in total. The summed E-state index contributed by atoms with van der Waals surface area (Å²) in [6.07, 6.45) is 3.55. The molecule has 0 aliphatic heterocycles. The van der Waals surface area contributed by atoms with Crippen LogP contribution >= 0.6 is 0 Å². The summed E-state index contributed by atoms with van der Waals surface area (Å²) >= 11 is 0. The second-order valence-corrected chi connectivity index (χ2v) is 5.17. The Hall–Kier alpha value is -1.00. The van der Waals surface area contributed by atoms with E-state index in [1.54, 1.807) is 6.20 Å². The van der Waals surface area contributed by atoms with Gasteiger partial charge in [0.1, 0.15) is 0 Å². The van der Waals surface area contributed by atoms with Crippen molar-refractivity contribution in [2.24, 2.45) is 0 Å². The Labute approximate surface area is 98.1 Å². The molecule has 0 saturated carbocycles. The van der Waals surface area contributed by atoms with Gasteiger partial charge in [-0.2, -0.15) is 10.2 Å². The van der Waals surface area contributed by atoms with Gasteiger partial charge >= 0.3 is 0 Å². The predicted molar refractivity (Wildman–Crippen MR) is 66.1 cm³/mol. The van der Waals surface area contributed by atoms with Gasteiger partial charge < -0.3 is 10.2 Å². The zero-order valence-electron chi connectivity index (χ0n) is 10.7. The number of hydrogen-bond acceptors (Lipinski definition) is 4. The third kappa shape index (κ3) is 5.78. The van der Waals surface area contributed by atoms with Gasteiger partial charge in [-0.15, -0.1) is 0 Å². The van der Waals surface area contributed by atoms with E-state index >= 15 is 0 Å². The van der Waals surface area contributed by atoms with Gasteiger partial charge in [0, 0.05) is 31.4 Å². The molecule has 0 saturated heterocycles. The second kappa shape index (κ2) is 5.92. The number of nitrogens with one attached hydrogen (secondary N) is 1. The molecular weight excluding hydrogens is 200 g/mol. The van der Waals surface area contributed by atoms with Gasteiger partial charge in [-0.1, -0.05) is 0 Å². The van der Waals surface area contributed by atoms with E-state index < -0.39 is 0 Å². The molecule has 0 amide bonds. The van der Waals surface area contributed by atoms with Crippen LogP contribution < -0.4 is 5.32 Å². The molecule has 0 bridgehead atoms. The number of nitrogens with zero attached hydrogens (tertiary/aromatic N) is 3. The first-order valence-corrected chi connectivity index (χ1v) is 5.66. The molecule has 90 valence electrons. The molecule has 4 nitrogen and oxygen atoms in total. The summed E-state index contributed by atoms with van der Waals surface area (Å²) in [6, 6.07) is 2.00. The van der Waals surface area contributed by atoms with Crippen molar-refractivity contribution in [1.29, 1.82) is 0 Å². The second-order valence-electron chi connectivity index (χ2n) is 5.17. The van der Waals surface area contributed by atoms with Crippen LogP contribution in [0.15, 0.2) is 18.5 Å². The van der Waals surface area contributed by atoms with Crippen LogP contribution in [0.25, 0.3) is 0 Å². The van der Waals surface area contributed by atoms with E-state index in [2.05, 4.69) is 48.2 Å². The topological polar surface area (TPSA) is 41.0 Å². The summed E-state index contributed by atoms with van der Waals surface area (Å²) in [7, 11) is 2.12. The highest BCUT2D eigenvalue weighted by Gasteiger charge is 2.08. The summed E-state index contributed by atoms with van der Waals surface area (Å²) in [5.74, 6) is 0. The van der Waals surface area contributed by atoms with Crippen molar-refractivity contribution < 1.29 is 0 Å². The van der Waals surface area contributed by atoms with Crippen molar-refractivity contribution in [2.45, 2.75) is 32.9 Å². The van der Waals surface area contributed by atoms with E-state index in [1.165, 1.54) is 5.56 Å². The average Bonchev–Trinajstić information content (AvgIpc) is 2.17. The molecular formula is C12H22N4. The first kappa shape index (κ1) is 13.1. The van der Waals surface area contributed by atoms with Gasteiger partial charge in [0.05, 0.1) is 6.20 Å². The molecule has 1 rings (SSSR count). The Kier molecular flexibility index (Phi) is 4.83. The Morgan fingerprint density at radius 2 is 2.06 bits per heavy atom. The Balaban J connectivity index is 2.24. The molecule has 16 heavy (non-hydrogen) atoms. The molecule has 0 aliphatic rings. The Bertz CT molecular complexity index is 292. The van der Waals surface area contributed by atoms with Crippen molar-refractivity contribution in [1.82, 2.24) is 20.4 Å². The minimum atomic E-state index is 0.194. The molecule has 0 aliphatic carbocycles. The molecule has 0 radical (unpaired) electrons. The van der Waals surface area contributed by atoms with Crippen LogP contribution in [-0.4, -0.2) is 40.8 Å². The fraction of sp³-hybridized carbons (Fsp3) is 0.667. The van der Waals surface area contributed by atoms with E-state index in [9.17, 15) is 0 Å². The monoisotopic (exact) mass is 222 g/mol. The minimum absolute atomic E-state index is 0.194. The van der Waals surface area contributed by atoms with Crippen molar-refractivity contribution in [3.05, 3.63) is 24.0 Å². The van der Waals surface area contributed by atoms with Gasteiger partial charge in [0.2, 0.25) is 0 Å². The summed E-state index contributed by atoms with van der Waals surface area (Å²) in [5.41, 5.74) is 1.40. The summed E-state index contributed by atoms with van der Waals surface area (Å²) in [4.78, 5) is 2.27. The van der Waals surface area contributed by atoms with Crippen molar-refractivity contribution in [3.8, 4) is 0 Å². The largest absolute Gasteiger partial charge is 0.311 e. The number of hydrogen-bond donors (Lipinski definition) is 1. The number of rotatable bonds is 5. The van der Waals surface area contributed by atoms with E-state index in [0.717, 1.165) is 19.6 Å². The first-order chi connectivity index (χ1) is 7.47. The third-order valence-electron chi connectivity index (χ3n) is 2.25. The quantitative estimate of drug-likeness (QED) is 0.815. The van der Waals surface area contributed by atoms with Crippen molar-refractivity contribution in [2.75, 3.05) is 20.1 Å². The van der Waals surface area contributed by atoms with Gasteiger partial charge in [-0.3, -0.25) is 0 Å². The lowest BCUT2D eigenvalue weighted by atomic mass is 10.1. The Morgan fingerprint density at radius 1 is 1.31 bits per heavy atom. The smallest absolute Gasteiger partial charge is 0.0541 e. The Morgan fingerprint density at radius 3 is 2.62 bits per heavy atom. The third-order valence-corrected chi connectivity index (χ3v) is 2.25. The molecule has 0 spiro atoms. The van der Waals surface area contributed by atoms with Crippen molar-refractivity contribution in [3.63, 3.8) is 0 Å². The molecule has 1 heterocycles. The maximum Gasteiger partial charge on any atom is 0.0541 e. The van der Waals surface area contributed by atoms with Crippen LogP contribution in [0.3, 0.4) is 0 Å². The fourth-order valence-electron chi connectivity index (χ4n) is 1.42. The molecule has 0 aromatic carbocycles. The number of likely N-dealkylation sites (N-methyl/N-ethyl adjacent to an activating group) is 1. The molecule has 0 fully saturated rings. The van der Waals surface area contributed by atoms with Crippen molar-refractivity contribution >= 4 is 0 Å². The summed E-state index contributed by atoms with van der Waals surface area (Å²) in [6.45, 7) is 9.48. The highest BCUT2D eigenvalue weighted by Crippen LogP contribution is 2.00. The lowest BCUT2D eigenvalue weighted by Gasteiger charge is -2.23. The van der Waals surface area contributed by atoms with E-state index in [0.29, 0.717) is 0 Å². The predicted octanol–water partition coefficient (Wildman–Crippen LogP) is 1.30. The van der Waals surface area contributed by atoms with Crippen LogP contribution in [0, 0.1) is 0 Å². The molecule has 1 aromatic rings. The van der Waals surface area contributed by atoms with Gasteiger partial charge in [-0.05, 0) is 39.4 Å². The zero-order chi connectivity index (χ0) is 12.0. The summed E-state index contributed by atoms with van der Waals surface area (Å²) in [5, 5.41) is 11.1. The van der Waals surface area contributed by atoms with Crippen LogP contribution in [0.5, 0.6) is 0 Å². The fourth-order valence-corrected chi connectivity index (χ4v) is 1.42. The highest BCUT2D eigenvalue weighted by atomic mass is 15.1. The average molecular weight is 222 g/mol. The first-order valence-electron chi connectivity index (χ1n) is 5.66. The standard InChI is InChI=1S/C12H22N4/c1-12(2,3)13-7-8-16(4)10-11-5-6-14-15-9-11/h5-6,9,13H,7-8,10H2,1-4H3. The highest BCUT2D eigenvalue weighted by molar-refractivity contribution is 5.04. The van der Waals surface area contributed by atoms with E-state index in [4.69, 9.17) is 0 Å². The van der Waals surface area contributed by atoms with Crippen LogP contribution in [0.4, 0.5) is 0 Å². The zero-order valence-corrected chi connectivity index (χ0v) is 10.7. The molecule has 0 unspecified atom stereocenters. The number of aromatic nitrogens is 2. The van der Waals surface area contributed by atoms with Crippen LogP contribution in [0.2, 0.25) is 0 Å². The summed E-state index contributed by atoms with van der Waals surface area (Å²) < 4.78 is 0. The SMILES string of the molecule is CN(CCNC(C)(C)C)Cc1ccnnc1. The molecule has 1 aromatic heterocycles. The minimum Gasteiger partial charge on any atom is -0.311 e. The van der Waals surface area contributed by atoms with E-state index in [1.807, 2.05) is 12.3 Å². The van der Waals surface area contributed by atoms with Gasteiger partial charge in [0.15, 0.2) is 0 Å². The van der Waals surface area contributed by atoms with Gasteiger partial charge in [-0.25, -0.2) is 0 Å². The van der Waals surface area contributed by atoms with E-state index in [-0.39, 0.29) is 5.54 Å². The lowest BCUT2D eigenvalue weighted by Crippen LogP contribution is -2.40. The van der Waals surface area contributed by atoms with Gasteiger partial charge in [0.25, 0.3) is 0 Å².